The van der Waals surface area contributed by atoms with Gasteiger partial charge in [-0.15, -0.1) is 0 Å². The van der Waals surface area contributed by atoms with Gasteiger partial charge in [-0.1, -0.05) is 90.4 Å². The van der Waals surface area contributed by atoms with Crippen LogP contribution in [0, 0.1) is 5.92 Å². The van der Waals surface area contributed by atoms with Crippen LogP contribution in [0.1, 0.15) is 142 Å². The van der Waals surface area contributed by atoms with Gasteiger partial charge in [-0.3, -0.25) is 19.4 Å². The summed E-state index contributed by atoms with van der Waals surface area (Å²) in [4.78, 5) is 38.9. The first kappa shape index (κ1) is 38.6. The molecule has 2 fully saturated rings. The fraction of sp³-hybridized carbons (Fsp3) is 0.763. The molecule has 1 saturated heterocycles. The number of unbranched alkanes of at least 4 members (excludes halogenated alkanes) is 9. The standard InChI is InChI=1S/C38H65N5O4/c1-3-5-6-7-8-9-10-11-12-15-28-39-35(44)21-18-31-47-34-25-23-33(24-26-34)40-37(38(46)43(4-2)42-29-16-17-30-42)41-36(45)27-22-32-19-13-14-20-32/h23-26,32,37,40H,3-22,27-31H2,1-2H3,(H,39,44)(H,41,45). The highest BCUT2D eigenvalue weighted by atomic mass is 16.5. The Bertz CT molecular complexity index is 1010. The van der Waals surface area contributed by atoms with Crippen molar-refractivity contribution in [3.05, 3.63) is 24.3 Å². The lowest BCUT2D eigenvalue weighted by Gasteiger charge is -2.34. The van der Waals surface area contributed by atoms with Crippen molar-refractivity contribution in [2.45, 2.75) is 148 Å². The average molecular weight is 656 g/mol. The lowest BCUT2D eigenvalue weighted by atomic mass is 10.0. The van der Waals surface area contributed by atoms with Gasteiger partial charge >= 0.3 is 0 Å². The van der Waals surface area contributed by atoms with Crippen LogP contribution in [-0.4, -0.2) is 66.7 Å². The predicted molar refractivity (Wildman–Crippen MR) is 191 cm³/mol. The Morgan fingerprint density at radius 1 is 0.809 bits per heavy atom. The molecule has 1 heterocycles. The van der Waals surface area contributed by atoms with Crippen LogP contribution in [0.4, 0.5) is 5.69 Å². The molecule has 0 radical (unpaired) electrons. The molecular weight excluding hydrogens is 590 g/mol. The molecule has 3 N–H and O–H groups in total. The van der Waals surface area contributed by atoms with Crippen molar-refractivity contribution in [1.29, 1.82) is 0 Å². The minimum absolute atomic E-state index is 0.0834. The molecule has 2 aliphatic rings. The number of anilines is 1. The van der Waals surface area contributed by atoms with Crippen LogP contribution in [0.3, 0.4) is 0 Å². The highest BCUT2D eigenvalue weighted by molar-refractivity contribution is 5.89. The zero-order valence-corrected chi connectivity index (χ0v) is 29.7. The number of carbonyl (C=O) groups excluding carboxylic acids is 3. The number of hydrogen-bond donors (Lipinski definition) is 3. The van der Waals surface area contributed by atoms with Crippen molar-refractivity contribution >= 4 is 23.4 Å². The van der Waals surface area contributed by atoms with Gasteiger partial charge in [-0.2, -0.15) is 0 Å². The van der Waals surface area contributed by atoms with Crippen LogP contribution >= 0.6 is 0 Å². The van der Waals surface area contributed by atoms with Crippen LogP contribution in [0.5, 0.6) is 5.75 Å². The topological polar surface area (TPSA) is 103 Å². The summed E-state index contributed by atoms with van der Waals surface area (Å²) in [6.07, 6.45) is 21.5. The van der Waals surface area contributed by atoms with Gasteiger partial charge in [-0.25, -0.2) is 5.01 Å². The number of nitrogens with zero attached hydrogens (tertiary/aromatic N) is 2. The van der Waals surface area contributed by atoms with Gasteiger partial charge in [0.1, 0.15) is 5.75 Å². The Morgan fingerprint density at radius 3 is 2.09 bits per heavy atom. The van der Waals surface area contributed by atoms with Crippen molar-refractivity contribution in [2.24, 2.45) is 5.92 Å². The molecule has 1 aliphatic carbocycles. The minimum atomic E-state index is -0.850. The molecule has 1 aromatic rings. The molecule has 1 aromatic carbocycles. The molecule has 0 spiro atoms. The molecule has 1 aliphatic heterocycles. The number of hydrazine groups is 1. The first-order valence-corrected chi connectivity index (χ1v) is 19.1. The summed E-state index contributed by atoms with van der Waals surface area (Å²) in [6, 6.07) is 7.45. The van der Waals surface area contributed by atoms with E-state index in [2.05, 4.69) is 27.9 Å². The normalized spacial score (nSPS) is 15.8. The summed E-state index contributed by atoms with van der Waals surface area (Å²) in [5, 5.41) is 13.2. The van der Waals surface area contributed by atoms with Gasteiger partial charge < -0.3 is 20.7 Å². The maximum Gasteiger partial charge on any atom is 0.280 e. The van der Waals surface area contributed by atoms with Crippen molar-refractivity contribution in [1.82, 2.24) is 20.7 Å². The lowest BCUT2D eigenvalue weighted by molar-refractivity contribution is -0.149. The summed E-state index contributed by atoms with van der Waals surface area (Å²) < 4.78 is 5.88. The van der Waals surface area contributed by atoms with E-state index in [1.165, 1.54) is 83.5 Å². The van der Waals surface area contributed by atoms with Gasteiger partial charge in [0.15, 0.2) is 6.17 Å². The third-order valence-corrected chi connectivity index (χ3v) is 9.62. The van der Waals surface area contributed by atoms with E-state index in [1.807, 2.05) is 31.2 Å². The smallest absolute Gasteiger partial charge is 0.280 e. The zero-order chi connectivity index (χ0) is 33.5. The molecule has 0 aromatic heterocycles. The number of carbonyl (C=O) groups is 3. The second-order valence-electron chi connectivity index (χ2n) is 13.6. The predicted octanol–water partition coefficient (Wildman–Crippen LogP) is 7.57. The Kier molecular flexibility index (Phi) is 19.3. The van der Waals surface area contributed by atoms with Gasteiger partial charge in [0.05, 0.1) is 6.61 Å². The van der Waals surface area contributed by atoms with Gasteiger partial charge in [0, 0.05) is 44.7 Å². The van der Waals surface area contributed by atoms with Crippen molar-refractivity contribution in [2.75, 3.05) is 38.1 Å². The van der Waals surface area contributed by atoms with E-state index < -0.39 is 6.17 Å². The van der Waals surface area contributed by atoms with E-state index in [9.17, 15) is 14.4 Å². The van der Waals surface area contributed by atoms with E-state index in [0.717, 1.165) is 51.0 Å². The Hall–Kier alpha value is -2.81. The SMILES string of the molecule is CCCCCCCCCCCCNC(=O)CCCOc1ccc(NC(NC(=O)CCC2CCCC2)C(=O)N(CC)N2CCCC2)cc1. The number of amides is 3. The molecule has 3 amide bonds. The van der Waals surface area contributed by atoms with Crippen LogP contribution in [0.15, 0.2) is 24.3 Å². The number of benzene rings is 1. The van der Waals surface area contributed by atoms with Gasteiger partial charge in [0.2, 0.25) is 11.8 Å². The first-order valence-electron chi connectivity index (χ1n) is 19.1. The molecule has 47 heavy (non-hydrogen) atoms. The van der Waals surface area contributed by atoms with Crippen molar-refractivity contribution < 1.29 is 19.1 Å². The molecule has 9 nitrogen and oxygen atoms in total. The Balaban J connectivity index is 1.35. The molecule has 1 saturated carbocycles. The maximum atomic E-state index is 13.7. The second kappa shape index (κ2) is 23.5. The van der Waals surface area contributed by atoms with Crippen LogP contribution in [-0.2, 0) is 14.4 Å². The third kappa shape index (κ3) is 15.8. The summed E-state index contributed by atoms with van der Waals surface area (Å²) in [6.45, 7) is 7.71. The number of nitrogens with one attached hydrogen (secondary N) is 3. The summed E-state index contributed by atoms with van der Waals surface area (Å²) in [5.74, 6) is 1.18. The summed E-state index contributed by atoms with van der Waals surface area (Å²) >= 11 is 0. The first-order chi connectivity index (χ1) is 23.0. The largest absolute Gasteiger partial charge is 0.494 e. The van der Waals surface area contributed by atoms with Crippen molar-refractivity contribution in [3.63, 3.8) is 0 Å². The third-order valence-electron chi connectivity index (χ3n) is 9.62. The molecular formula is C38H65N5O4. The van der Waals surface area contributed by atoms with Crippen LogP contribution < -0.4 is 20.7 Å². The number of likely N-dealkylation sites (N-methyl/N-ethyl adjacent to an activating group) is 1. The number of ether oxygens (including phenoxy) is 1. The quantitative estimate of drug-likeness (QED) is 0.0742. The molecule has 9 heteroatoms. The molecule has 266 valence electrons. The number of hydrogen-bond acceptors (Lipinski definition) is 6. The van der Waals surface area contributed by atoms with E-state index in [1.54, 1.807) is 5.01 Å². The summed E-state index contributed by atoms with van der Waals surface area (Å²) in [5.41, 5.74) is 0.732. The van der Waals surface area contributed by atoms with Crippen molar-refractivity contribution in [3.8, 4) is 5.75 Å². The summed E-state index contributed by atoms with van der Waals surface area (Å²) in [7, 11) is 0. The average Bonchev–Trinajstić information content (AvgIpc) is 3.81. The van der Waals surface area contributed by atoms with E-state index >= 15 is 0 Å². The van der Waals surface area contributed by atoms with Gasteiger partial charge in [0.25, 0.3) is 5.91 Å². The van der Waals surface area contributed by atoms with Crippen LogP contribution in [0.25, 0.3) is 0 Å². The Morgan fingerprint density at radius 2 is 1.45 bits per heavy atom. The number of rotatable bonds is 25. The highest BCUT2D eigenvalue weighted by Crippen LogP contribution is 2.28. The molecule has 0 bridgehead atoms. The fourth-order valence-corrected chi connectivity index (χ4v) is 6.78. The minimum Gasteiger partial charge on any atom is -0.494 e. The maximum absolute atomic E-state index is 13.7. The van der Waals surface area contributed by atoms with E-state index in [4.69, 9.17) is 4.74 Å². The highest BCUT2D eigenvalue weighted by Gasteiger charge is 2.30. The second-order valence-corrected chi connectivity index (χ2v) is 13.6. The van der Waals surface area contributed by atoms with Gasteiger partial charge in [-0.05, 0) is 69.2 Å². The lowest BCUT2D eigenvalue weighted by Crippen LogP contribution is -2.57. The van der Waals surface area contributed by atoms with E-state index in [-0.39, 0.29) is 17.7 Å². The molecule has 1 atom stereocenters. The zero-order valence-electron chi connectivity index (χ0n) is 29.7. The molecule has 3 rings (SSSR count). The Labute approximate surface area is 285 Å². The van der Waals surface area contributed by atoms with E-state index in [0.29, 0.717) is 44.1 Å². The van der Waals surface area contributed by atoms with Crippen LogP contribution in [0.2, 0.25) is 0 Å². The molecule has 1 unspecified atom stereocenters. The fourth-order valence-electron chi connectivity index (χ4n) is 6.78. The monoisotopic (exact) mass is 656 g/mol.